The van der Waals surface area contributed by atoms with E-state index in [0.717, 1.165) is 11.3 Å². The number of benzene rings is 1. The van der Waals surface area contributed by atoms with Crippen LogP contribution in [0.4, 0.5) is 0 Å². The van der Waals surface area contributed by atoms with Crippen LogP contribution < -0.4 is 10.1 Å². The molecule has 1 aromatic carbocycles. The molecule has 1 amide bonds. The van der Waals surface area contributed by atoms with E-state index in [2.05, 4.69) is 19.2 Å². The Hall–Kier alpha value is -1.52. The zero-order valence-electron chi connectivity index (χ0n) is 12.1. The second-order valence-electron chi connectivity index (χ2n) is 5.17. The van der Waals surface area contributed by atoms with Gasteiger partial charge < -0.3 is 10.1 Å². The molecule has 0 atom stereocenters. The van der Waals surface area contributed by atoms with Crippen LogP contribution in [0.2, 0.25) is 5.02 Å². The minimum Gasteiger partial charge on any atom is -0.489 e. The maximum atomic E-state index is 11.9. The van der Waals surface area contributed by atoms with E-state index in [1.54, 1.807) is 12.1 Å². The summed E-state index contributed by atoms with van der Waals surface area (Å²) >= 11 is 7.33. The van der Waals surface area contributed by atoms with E-state index < -0.39 is 0 Å². The molecule has 0 aliphatic rings. The largest absolute Gasteiger partial charge is 0.489 e. The lowest BCUT2D eigenvalue weighted by molar-refractivity contribution is 0.0953. The molecule has 2 rings (SSSR count). The van der Waals surface area contributed by atoms with Crippen molar-refractivity contribution in [3.05, 3.63) is 51.2 Å². The molecule has 0 fully saturated rings. The zero-order chi connectivity index (χ0) is 15.2. The summed E-state index contributed by atoms with van der Waals surface area (Å²) in [5.74, 6) is 1.14. The normalized spacial score (nSPS) is 10.7. The SMILES string of the molecule is CC(C)CNC(=O)c1cc(COc2cccc(Cl)c2)cs1. The molecule has 1 N–H and O–H groups in total. The molecule has 5 heteroatoms. The van der Waals surface area contributed by atoms with E-state index in [0.29, 0.717) is 29.0 Å². The van der Waals surface area contributed by atoms with Crippen LogP contribution in [0, 0.1) is 5.92 Å². The van der Waals surface area contributed by atoms with Gasteiger partial charge in [-0.05, 0) is 35.6 Å². The van der Waals surface area contributed by atoms with Crippen molar-refractivity contribution in [1.29, 1.82) is 0 Å². The van der Waals surface area contributed by atoms with Crippen LogP contribution in [-0.2, 0) is 6.61 Å². The van der Waals surface area contributed by atoms with Crippen molar-refractivity contribution in [2.24, 2.45) is 5.92 Å². The molecule has 2 aromatic rings. The van der Waals surface area contributed by atoms with Crippen LogP contribution in [0.3, 0.4) is 0 Å². The molecule has 112 valence electrons. The molecule has 0 aliphatic carbocycles. The molecule has 0 aliphatic heterocycles. The zero-order valence-corrected chi connectivity index (χ0v) is 13.6. The number of rotatable bonds is 6. The third-order valence-corrected chi connectivity index (χ3v) is 3.96. The van der Waals surface area contributed by atoms with Crippen molar-refractivity contribution in [2.75, 3.05) is 6.54 Å². The highest BCUT2D eigenvalue weighted by Crippen LogP contribution is 2.20. The van der Waals surface area contributed by atoms with Crippen LogP contribution in [0.5, 0.6) is 5.75 Å². The van der Waals surface area contributed by atoms with Gasteiger partial charge in [-0.3, -0.25) is 4.79 Å². The molecule has 0 spiro atoms. The fourth-order valence-corrected chi connectivity index (χ4v) is 2.67. The fraction of sp³-hybridized carbons (Fsp3) is 0.312. The average molecular weight is 324 g/mol. The Bertz CT molecular complexity index is 610. The van der Waals surface area contributed by atoms with Gasteiger partial charge in [-0.1, -0.05) is 31.5 Å². The number of amides is 1. The molecule has 0 bridgehead atoms. The van der Waals surface area contributed by atoms with Gasteiger partial charge in [0.25, 0.3) is 5.91 Å². The average Bonchev–Trinajstić information content (AvgIpc) is 2.91. The van der Waals surface area contributed by atoms with Gasteiger partial charge in [-0.25, -0.2) is 0 Å². The molecule has 3 nitrogen and oxygen atoms in total. The summed E-state index contributed by atoms with van der Waals surface area (Å²) in [6, 6.07) is 9.13. The monoisotopic (exact) mass is 323 g/mol. The number of hydrogen-bond acceptors (Lipinski definition) is 3. The van der Waals surface area contributed by atoms with Gasteiger partial charge in [0, 0.05) is 17.1 Å². The van der Waals surface area contributed by atoms with Gasteiger partial charge in [0.2, 0.25) is 0 Å². The minimum atomic E-state index is -0.0253. The summed E-state index contributed by atoms with van der Waals surface area (Å²) in [5, 5.41) is 5.49. The van der Waals surface area contributed by atoms with E-state index >= 15 is 0 Å². The third kappa shape index (κ3) is 5.06. The van der Waals surface area contributed by atoms with Crippen LogP contribution in [0.15, 0.2) is 35.7 Å². The first kappa shape index (κ1) is 15.9. The van der Waals surface area contributed by atoms with Crippen molar-refractivity contribution in [2.45, 2.75) is 20.5 Å². The Kier molecular flexibility index (Phi) is 5.65. The Labute approximate surface area is 133 Å². The Morgan fingerprint density at radius 2 is 2.19 bits per heavy atom. The number of ether oxygens (including phenoxy) is 1. The summed E-state index contributed by atoms with van der Waals surface area (Å²) in [5.41, 5.74) is 0.981. The van der Waals surface area contributed by atoms with E-state index in [1.807, 2.05) is 23.6 Å². The number of halogens is 1. The Morgan fingerprint density at radius 3 is 2.90 bits per heavy atom. The molecular formula is C16H18ClNO2S. The number of hydrogen-bond donors (Lipinski definition) is 1. The smallest absolute Gasteiger partial charge is 0.261 e. The van der Waals surface area contributed by atoms with Crippen LogP contribution in [-0.4, -0.2) is 12.5 Å². The lowest BCUT2D eigenvalue weighted by atomic mass is 10.2. The second kappa shape index (κ2) is 7.48. The van der Waals surface area contributed by atoms with Crippen molar-refractivity contribution < 1.29 is 9.53 Å². The number of nitrogens with one attached hydrogen (secondary N) is 1. The summed E-state index contributed by atoms with van der Waals surface area (Å²) in [6.45, 7) is 5.25. The van der Waals surface area contributed by atoms with E-state index in [9.17, 15) is 4.79 Å². The second-order valence-corrected chi connectivity index (χ2v) is 6.52. The van der Waals surface area contributed by atoms with Crippen molar-refractivity contribution in [1.82, 2.24) is 5.32 Å². The highest BCUT2D eigenvalue weighted by Gasteiger charge is 2.09. The Morgan fingerprint density at radius 1 is 1.38 bits per heavy atom. The van der Waals surface area contributed by atoms with Crippen LogP contribution >= 0.6 is 22.9 Å². The van der Waals surface area contributed by atoms with Gasteiger partial charge in [-0.15, -0.1) is 11.3 Å². The standard InChI is InChI=1S/C16H18ClNO2S/c1-11(2)8-18-16(19)15-6-12(10-21-15)9-20-14-5-3-4-13(17)7-14/h3-7,10-11H,8-9H2,1-2H3,(H,18,19). The molecule has 0 radical (unpaired) electrons. The predicted octanol–water partition coefficient (Wildman–Crippen LogP) is 4.37. The molecule has 0 saturated carbocycles. The molecule has 0 unspecified atom stereocenters. The fourth-order valence-electron chi connectivity index (χ4n) is 1.68. The molecule has 1 heterocycles. The van der Waals surface area contributed by atoms with Gasteiger partial charge in [-0.2, -0.15) is 0 Å². The first-order valence-corrected chi connectivity index (χ1v) is 8.04. The van der Waals surface area contributed by atoms with E-state index in [1.165, 1.54) is 11.3 Å². The summed E-state index contributed by atoms with van der Waals surface area (Å²) in [7, 11) is 0. The predicted molar refractivity (Wildman–Crippen MR) is 87.3 cm³/mol. The Balaban J connectivity index is 1.89. The van der Waals surface area contributed by atoms with Crippen LogP contribution in [0.1, 0.15) is 29.1 Å². The molecule has 1 aromatic heterocycles. The lowest BCUT2D eigenvalue weighted by Gasteiger charge is -2.06. The minimum absolute atomic E-state index is 0.0253. The molecular weight excluding hydrogens is 306 g/mol. The number of thiophene rings is 1. The first-order chi connectivity index (χ1) is 10.0. The summed E-state index contributed by atoms with van der Waals surface area (Å²) in [4.78, 5) is 12.6. The number of carbonyl (C=O) groups is 1. The van der Waals surface area contributed by atoms with Gasteiger partial charge in [0.1, 0.15) is 12.4 Å². The van der Waals surface area contributed by atoms with Gasteiger partial charge >= 0.3 is 0 Å². The van der Waals surface area contributed by atoms with Gasteiger partial charge in [0.05, 0.1) is 4.88 Å². The maximum absolute atomic E-state index is 11.9. The number of carbonyl (C=O) groups excluding carboxylic acids is 1. The molecule has 0 saturated heterocycles. The van der Waals surface area contributed by atoms with Gasteiger partial charge in [0.15, 0.2) is 0 Å². The van der Waals surface area contributed by atoms with E-state index in [-0.39, 0.29) is 5.91 Å². The lowest BCUT2D eigenvalue weighted by Crippen LogP contribution is -2.26. The quantitative estimate of drug-likeness (QED) is 0.857. The van der Waals surface area contributed by atoms with Crippen molar-refractivity contribution in [3.8, 4) is 5.75 Å². The van der Waals surface area contributed by atoms with Crippen molar-refractivity contribution >= 4 is 28.8 Å². The topological polar surface area (TPSA) is 38.3 Å². The highest BCUT2D eigenvalue weighted by molar-refractivity contribution is 7.12. The summed E-state index contributed by atoms with van der Waals surface area (Å²) < 4.78 is 5.65. The van der Waals surface area contributed by atoms with Crippen LogP contribution in [0.25, 0.3) is 0 Å². The summed E-state index contributed by atoms with van der Waals surface area (Å²) in [6.07, 6.45) is 0. The van der Waals surface area contributed by atoms with E-state index in [4.69, 9.17) is 16.3 Å². The highest BCUT2D eigenvalue weighted by atomic mass is 35.5. The molecule has 21 heavy (non-hydrogen) atoms. The third-order valence-electron chi connectivity index (χ3n) is 2.75. The first-order valence-electron chi connectivity index (χ1n) is 6.78. The maximum Gasteiger partial charge on any atom is 0.261 e. The van der Waals surface area contributed by atoms with Crippen molar-refractivity contribution in [3.63, 3.8) is 0 Å².